The average Bonchev–Trinajstić information content (AvgIpc) is 3.33. The predicted octanol–water partition coefficient (Wildman–Crippen LogP) is 2.17. The van der Waals surface area contributed by atoms with Crippen molar-refractivity contribution in [2.45, 2.75) is 13.3 Å². The quantitative estimate of drug-likeness (QED) is 0.362. The third-order valence-electron chi connectivity index (χ3n) is 6.02. The molecule has 1 heterocycles. The molecule has 5 nitrogen and oxygen atoms in total. The van der Waals surface area contributed by atoms with Crippen LogP contribution in [-0.4, -0.2) is 17.8 Å². The van der Waals surface area contributed by atoms with Gasteiger partial charge in [-0.15, -0.1) is 0 Å². The molecule has 0 N–H and O–H groups in total. The van der Waals surface area contributed by atoms with E-state index >= 15 is 0 Å². The van der Waals surface area contributed by atoms with Crippen molar-refractivity contribution in [3.8, 4) is 5.75 Å². The van der Waals surface area contributed by atoms with E-state index in [0.29, 0.717) is 17.5 Å². The molecule has 122 valence electrons. The Morgan fingerprint density at radius 2 is 1.62 bits per heavy atom. The lowest BCUT2D eigenvalue weighted by Crippen LogP contribution is -2.40. The molecule has 2 saturated carbocycles. The maximum Gasteiger partial charge on any atom is 0.308 e. The minimum absolute atomic E-state index is 0.144. The maximum absolute atomic E-state index is 13.1. The van der Waals surface area contributed by atoms with Gasteiger partial charge in [0.15, 0.2) is 5.75 Å². The van der Waals surface area contributed by atoms with E-state index < -0.39 is 5.97 Å². The number of nitrogens with zero attached hydrogens (tertiary/aromatic N) is 1. The first-order chi connectivity index (χ1) is 11.6. The molecule has 1 aromatic rings. The summed E-state index contributed by atoms with van der Waals surface area (Å²) in [6.07, 6.45) is 5.43. The van der Waals surface area contributed by atoms with Crippen LogP contribution in [0.15, 0.2) is 36.4 Å². The summed E-state index contributed by atoms with van der Waals surface area (Å²) in [5.41, 5.74) is 0.380. The monoisotopic (exact) mass is 323 g/mol. The number of rotatable bonds is 2. The summed E-state index contributed by atoms with van der Waals surface area (Å²) in [7, 11) is 0. The summed E-state index contributed by atoms with van der Waals surface area (Å²) in [5, 5.41) is 0. The highest BCUT2D eigenvalue weighted by Gasteiger charge is 2.67. The molecule has 3 fully saturated rings. The lowest BCUT2D eigenvalue weighted by atomic mass is 9.63. The zero-order chi connectivity index (χ0) is 16.6. The lowest BCUT2D eigenvalue weighted by Gasteiger charge is -2.37. The summed E-state index contributed by atoms with van der Waals surface area (Å²) in [4.78, 5) is 38.7. The molecule has 0 spiro atoms. The summed E-state index contributed by atoms with van der Waals surface area (Å²) in [6, 6.07) is 6.75. The highest BCUT2D eigenvalue weighted by Crippen LogP contribution is 2.65. The Bertz CT molecular complexity index is 777. The molecular formula is C19H17NO4. The van der Waals surface area contributed by atoms with Crippen molar-refractivity contribution in [1.29, 1.82) is 0 Å². The summed E-state index contributed by atoms with van der Waals surface area (Å²) in [6.45, 7) is 1.31. The Hall–Kier alpha value is -2.43. The van der Waals surface area contributed by atoms with Gasteiger partial charge in [0.05, 0.1) is 17.5 Å². The number of benzene rings is 1. The fourth-order valence-electron chi connectivity index (χ4n) is 5.08. The number of amides is 2. The van der Waals surface area contributed by atoms with Gasteiger partial charge in [-0.3, -0.25) is 14.4 Å². The zero-order valence-corrected chi connectivity index (χ0v) is 13.2. The van der Waals surface area contributed by atoms with Crippen molar-refractivity contribution in [3.05, 3.63) is 36.4 Å². The van der Waals surface area contributed by atoms with Gasteiger partial charge in [0, 0.05) is 6.92 Å². The van der Waals surface area contributed by atoms with Crippen LogP contribution in [0.3, 0.4) is 0 Å². The van der Waals surface area contributed by atoms with Crippen molar-refractivity contribution >= 4 is 23.5 Å². The van der Waals surface area contributed by atoms with Crippen molar-refractivity contribution in [2.24, 2.45) is 35.5 Å². The van der Waals surface area contributed by atoms with E-state index in [1.807, 2.05) is 0 Å². The van der Waals surface area contributed by atoms with E-state index in [4.69, 9.17) is 4.74 Å². The van der Waals surface area contributed by atoms with E-state index in [1.54, 1.807) is 24.3 Å². The van der Waals surface area contributed by atoms with E-state index in [2.05, 4.69) is 12.2 Å². The molecule has 1 saturated heterocycles. The first-order valence-electron chi connectivity index (χ1n) is 8.41. The smallest absolute Gasteiger partial charge is 0.308 e. The van der Waals surface area contributed by atoms with Crippen molar-refractivity contribution in [2.75, 3.05) is 4.90 Å². The molecule has 0 radical (unpaired) electrons. The molecule has 1 aliphatic heterocycles. The third kappa shape index (κ3) is 1.67. The Kier molecular flexibility index (Phi) is 2.65. The van der Waals surface area contributed by atoms with Crippen LogP contribution in [0.5, 0.6) is 5.75 Å². The molecule has 4 aliphatic carbocycles. The third-order valence-corrected chi connectivity index (χ3v) is 6.02. The molecule has 0 aromatic heterocycles. The first kappa shape index (κ1) is 14.0. The van der Waals surface area contributed by atoms with Gasteiger partial charge in [-0.2, -0.15) is 0 Å². The molecule has 5 aliphatic rings. The Labute approximate surface area is 139 Å². The molecule has 24 heavy (non-hydrogen) atoms. The minimum Gasteiger partial charge on any atom is -0.424 e. The van der Waals surface area contributed by atoms with Gasteiger partial charge >= 0.3 is 5.97 Å². The molecule has 5 heteroatoms. The van der Waals surface area contributed by atoms with Gasteiger partial charge in [-0.05, 0) is 42.2 Å². The van der Waals surface area contributed by atoms with Crippen LogP contribution < -0.4 is 9.64 Å². The molecular weight excluding hydrogens is 306 g/mol. The largest absolute Gasteiger partial charge is 0.424 e. The Morgan fingerprint density at radius 3 is 2.21 bits per heavy atom. The Morgan fingerprint density at radius 1 is 1.04 bits per heavy atom. The van der Waals surface area contributed by atoms with Crippen molar-refractivity contribution < 1.29 is 19.1 Å². The maximum atomic E-state index is 13.1. The highest BCUT2D eigenvalue weighted by molar-refractivity contribution is 6.23. The van der Waals surface area contributed by atoms with Gasteiger partial charge < -0.3 is 4.74 Å². The van der Waals surface area contributed by atoms with Gasteiger partial charge in [-0.25, -0.2) is 4.90 Å². The number of anilines is 1. The van der Waals surface area contributed by atoms with Crippen molar-refractivity contribution in [3.63, 3.8) is 0 Å². The van der Waals surface area contributed by atoms with Gasteiger partial charge in [0.2, 0.25) is 11.8 Å². The van der Waals surface area contributed by atoms with E-state index in [1.165, 1.54) is 11.8 Å². The lowest BCUT2D eigenvalue weighted by molar-refractivity contribution is -0.132. The molecule has 6 rings (SSSR count). The van der Waals surface area contributed by atoms with E-state index in [0.717, 1.165) is 6.42 Å². The fraction of sp³-hybridized carbons (Fsp3) is 0.421. The second-order valence-corrected chi connectivity index (χ2v) is 7.23. The van der Waals surface area contributed by atoms with Crippen LogP contribution in [0.2, 0.25) is 0 Å². The SMILES string of the molecule is CC(=O)Oc1ccccc1N1C(=O)C2C3C=CC(C4CC34)C2C1=O. The van der Waals surface area contributed by atoms with Gasteiger partial charge in [0.25, 0.3) is 0 Å². The molecule has 6 atom stereocenters. The normalized spacial score (nSPS) is 38.1. The number of imide groups is 1. The average molecular weight is 323 g/mol. The van der Waals surface area contributed by atoms with Gasteiger partial charge in [-0.1, -0.05) is 24.3 Å². The topological polar surface area (TPSA) is 63.7 Å². The molecule has 6 unspecified atom stereocenters. The minimum atomic E-state index is -0.470. The number of esters is 1. The van der Waals surface area contributed by atoms with Gasteiger partial charge in [0.1, 0.15) is 0 Å². The predicted molar refractivity (Wildman–Crippen MR) is 84.9 cm³/mol. The van der Waals surface area contributed by atoms with E-state index in [9.17, 15) is 14.4 Å². The second-order valence-electron chi connectivity index (χ2n) is 7.23. The summed E-state index contributed by atoms with van der Waals surface area (Å²) in [5.74, 6) is 0.521. The number of hydrogen-bond donors (Lipinski definition) is 0. The number of carbonyl (C=O) groups is 3. The number of allylic oxidation sites excluding steroid dienone is 2. The zero-order valence-electron chi connectivity index (χ0n) is 13.2. The van der Waals surface area contributed by atoms with Crippen LogP contribution >= 0.6 is 0 Å². The second kappa shape index (κ2) is 4.56. The Balaban J connectivity index is 1.57. The standard InChI is InChI=1S/C19H17NO4/c1-9(21)24-15-5-3-2-4-14(15)20-18(22)16-10-6-7-11(13-8-12(10)13)17(16)19(20)23/h2-7,10-13,16-17H,8H2,1H3. The summed E-state index contributed by atoms with van der Waals surface area (Å²) >= 11 is 0. The number of ether oxygens (including phenoxy) is 1. The van der Waals surface area contributed by atoms with Crippen LogP contribution in [0.1, 0.15) is 13.3 Å². The number of carbonyl (C=O) groups excluding carboxylic acids is 3. The van der Waals surface area contributed by atoms with Crippen molar-refractivity contribution in [1.82, 2.24) is 0 Å². The number of para-hydroxylation sites is 2. The molecule has 1 aromatic carbocycles. The highest BCUT2D eigenvalue weighted by atomic mass is 16.5. The van der Waals surface area contributed by atoms with Crippen LogP contribution in [0, 0.1) is 35.5 Å². The van der Waals surface area contributed by atoms with E-state index in [-0.39, 0.29) is 41.2 Å². The van der Waals surface area contributed by atoms with Crippen LogP contribution in [0.25, 0.3) is 0 Å². The molecule has 2 bridgehead atoms. The number of hydrogen-bond acceptors (Lipinski definition) is 4. The van der Waals surface area contributed by atoms with Crippen LogP contribution in [0.4, 0.5) is 5.69 Å². The fourth-order valence-corrected chi connectivity index (χ4v) is 5.08. The first-order valence-corrected chi connectivity index (χ1v) is 8.41. The molecule has 2 amide bonds. The van der Waals surface area contributed by atoms with Crippen LogP contribution in [-0.2, 0) is 14.4 Å². The summed E-state index contributed by atoms with van der Waals surface area (Å²) < 4.78 is 5.21.